The number of thiophene rings is 1. The highest BCUT2D eigenvalue weighted by Gasteiger charge is 2.23. The Balaban J connectivity index is 1.67. The standard InChI is InChI=1S/C27H30N2O4S/c1-18-7-9-20(29-11-13-32-14-12-29)17-22(18)25(30)28-23-16-19(24-6-5-15-34-24)8-10-21(23)26(31)33-27(2,3)4/h5-10,15-17H,11-14H2,1-4H3,(H,28,30). The predicted octanol–water partition coefficient (Wildman–Crippen LogP) is 5.77. The summed E-state index contributed by atoms with van der Waals surface area (Å²) in [6.07, 6.45) is 0. The number of anilines is 2. The first-order valence-corrected chi connectivity index (χ1v) is 12.3. The van der Waals surface area contributed by atoms with Gasteiger partial charge in [0.1, 0.15) is 5.60 Å². The molecule has 2 aromatic carbocycles. The maximum atomic E-state index is 13.4. The normalized spacial score (nSPS) is 14.1. The number of esters is 1. The first-order chi connectivity index (χ1) is 16.2. The molecule has 0 radical (unpaired) electrons. The Morgan fingerprint density at radius 2 is 1.79 bits per heavy atom. The van der Waals surface area contributed by atoms with Crippen molar-refractivity contribution in [3.63, 3.8) is 0 Å². The number of amides is 1. The van der Waals surface area contributed by atoms with Crippen LogP contribution in [0.4, 0.5) is 11.4 Å². The molecule has 7 heteroatoms. The molecule has 1 fully saturated rings. The SMILES string of the molecule is Cc1ccc(N2CCOCC2)cc1C(=O)Nc1cc(-c2cccs2)ccc1C(=O)OC(C)(C)C. The van der Waals surface area contributed by atoms with E-state index in [9.17, 15) is 9.59 Å². The zero-order valence-corrected chi connectivity index (χ0v) is 20.8. The van der Waals surface area contributed by atoms with E-state index in [-0.39, 0.29) is 5.91 Å². The van der Waals surface area contributed by atoms with Crippen LogP contribution in [0.2, 0.25) is 0 Å². The molecular weight excluding hydrogens is 448 g/mol. The average Bonchev–Trinajstić information content (AvgIpc) is 3.34. The smallest absolute Gasteiger partial charge is 0.340 e. The number of aryl methyl sites for hydroxylation is 1. The molecule has 0 aliphatic carbocycles. The molecule has 0 saturated carbocycles. The number of nitrogens with zero attached hydrogens (tertiary/aromatic N) is 1. The summed E-state index contributed by atoms with van der Waals surface area (Å²) in [6, 6.07) is 15.3. The lowest BCUT2D eigenvalue weighted by Crippen LogP contribution is -2.36. The van der Waals surface area contributed by atoms with Crippen LogP contribution in [0.1, 0.15) is 47.1 Å². The van der Waals surface area contributed by atoms with E-state index in [4.69, 9.17) is 9.47 Å². The van der Waals surface area contributed by atoms with Gasteiger partial charge in [-0.1, -0.05) is 18.2 Å². The molecule has 1 aliphatic heterocycles. The van der Waals surface area contributed by atoms with Crippen LogP contribution in [-0.4, -0.2) is 43.8 Å². The van der Waals surface area contributed by atoms with Crippen molar-refractivity contribution in [3.8, 4) is 10.4 Å². The Morgan fingerprint density at radius 3 is 2.47 bits per heavy atom. The van der Waals surface area contributed by atoms with Crippen molar-refractivity contribution in [2.45, 2.75) is 33.3 Å². The Labute approximate surface area is 204 Å². The highest BCUT2D eigenvalue weighted by molar-refractivity contribution is 7.13. The monoisotopic (exact) mass is 478 g/mol. The molecule has 1 amide bonds. The lowest BCUT2D eigenvalue weighted by atomic mass is 10.0. The third-order valence-corrected chi connectivity index (χ3v) is 6.45. The summed E-state index contributed by atoms with van der Waals surface area (Å²) in [7, 11) is 0. The largest absolute Gasteiger partial charge is 0.456 e. The van der Waals surface area contributed by atoms with E-state index in [1.165, 1.54) is 0 Å². The van der Waals surface area contributed by atoms with E-state index < -0.39 is 11.6 Å². The van der Waals surface area contributed by atoms with Crippen molar-refractivity contribution in [1.29, 1.82) is 0 Å². The minimum Gasteiger partial charge on any atom is -0.456 e. The number of carbonyl (C=O) groups excluding carboxylic acids is 2. The maximum Gasteiger partial charge on any atom is 0.340 e. The van der Waals surface area contributed by atoms with Crippen LogP contribution in [0, 0.1) is 6.92 Å². The number of morpholine rings is 1. The summed E-state index contributed by atoms with van der Waals surface area (Å²) >= 11 is 1.60. The fourth-order valence-electron chi connectivity index (χ4n) is 3.82. The first-order valence-electron chi connectivity index (χ1n) is 11.4. The van der Waals surface area contributed by atoms with Crippen LogP contribution in [0.15, 0.2) is 53.9 Å². The second-order valence-corrected chi connectivity index (χ2v) is 10.2. The van der Waals surface area contributed by atoms with Crippen molar-refractivity contribution in [3.05, 3.63) is 70.6 Å². The lowest BCUT2D eigenvalue weighted by Gasteiger charge is -2.29. The summed E-state index contributed by atoms with van der Waals surface area (Å²) in [4.78, 5) is 29.6. The molecule has 0 unspecified atom stereocenters. The lowest BCUT2D eigenvalue weighted by molar-refractivity contribution is 0.00708. The Bertz CT molecular complexity index is 1180. The first kappa shape index (κ1) is 24.0. The summed E-state index contributed by atoms with van der Waals surface area (Å²) in [6.45, 7) is 10.3. The van der Waals surface area contributed by atoms with E-state index in [2.05, 4.69) is 10.2 Å². The zero-order valence-electron chi connectivity index (χ0n) is 20.0. The van der Waals surface area contributed by atoms with E-state index in [0.29, 0.717) is 30.0 Å². The van der Waals surface area contributed by atoms with Crippen LogP contribution in [0.5, 0.6) is 0 Å². The van der Waals surface area contributed by atoms with Crippen LogP contribution in [0.25, 0.3) is 10.4 Å². The van der Waals surface area contributed by atoms with Crippen molar-refractivity contribution >= 4 is 34.6 Å². The summed E-state index contributed by atoms with van der Waals surface area (Å²) < 4.78 is 11.0. The molecule has 1 saturated heterocycles. The van der Waals surface area contributed by atoms with Crippen molar-refractivity contribution in [1.82, 2.24) is 0 Å². The van der Waals surface area contributed by atoms with Gasteiger partial charge in [0.2, 0.25) is 0 Å². The Morgan fingerprint density at radius 1 is 1.03 bits per heavy atom. The zero-order chi connectivity index (χ0) is 24.3. The molecule has 2 heterocycles. The van der Waals surface area contributed by atoms with E-state index >= 15 is 0 Å². The fourth-order valence-corrected chi connectivity index (χ4v) is 4.54. The third kappa shape index (κ3) is 5.66. The number of hydrogen-bond acceptors (Lipinski definition) is 6. The van der Waals surface area contributed by atoms with Gasteiger partial charge in [-0.15, -0.1) is 11.3 Å². The second kappa shape index (κ2) is 9.99. The number of rotatable bonds is 5. The van der Waals surface area contributed by atoms with Crippen LogP contribution >= 0.6 is 11.3 Å². The number of benzene rings is 2. The number of hydrogen-bond donors (Lipinski definition) is 1. The van der Waals surface area contributed by atoms with Crippen molar-refractivity contribution in [2.24, 2.45) is 0 Å². The van der Waals surface area contributed by atoms with Gasteiger partial charge in [-0.05, 0) is 74.5 Å². The molecule has 34 heavy (non-hydrogen) atoms. The molecule has 0 spiro atoms. The van der Waals surface area contributed by atoms with Gasteiger partial charge in [-0.25, -0.2) is 4.79 Å². The number of carbonyl (C=O) groups is 2. The van der Waals surface area contributed by atoms with Crippen LogP contribution in [0.3, 0.4) is 0 Å². The quantitative estimate of drug-likeness (QED) is 0.472. The molecule has 6 nitrogen and oxygen atoms in total. The van der Waals surface area contributed by atoms with Gasteiger partial charge in [0.15, 0.2) is 0 Å². The third-order valence-electron chi connectivity index (χ3n) is 5.53. The van der Waals surface area contributed by atoms with E-state index in [0.717, 1.165) is 34.8 Å². The summed E-state index contributed by atoms with van der Waals surface area (Å²) in [5.41, 5.74) is 3.46. The van der Waals surface area contributed by atoms with Gasteiger partial charge >= 0.3 is 5.97 Å². The number of ether oxygens (including phenoxy) is 2. The van der Waals surface area contributed by atoms with Gasteiger partial charge in [0, 0.05) is 29.2 Å². The molecular formula is C27H30N2O4S. The van der Waals surface area contributed by atoms with Gasteiger partial charge in [-0.2, -0.15) is 0 Å². The summed E-state index contributed by atoms with van der Waals surface area (Å²) in [5.74, 6) is -0.736. The molecule has 1 N–H and O–H groups in total. The minimum atomic E-state index is -0.645. The molecule has 0 atom stereocenters. The highest BCUT2D eigenvalue weighted by Crippen LogP contribution is 2.31. The van der Waals surface area contributed by atoms with Crippen molar-refractivity contribution < 1.29 is 19.1 Å². The number of nitrogens with one attached hydrogen (secondary N) is 1. The summed E-state index contributed by atoms with van der Waals surface area (Å²) in [5, 5.41) is 4.98. The van der Waals surface area contributed by atoms with E-state index in [1.807, 2.05) is 75.5 Å². The van der Waals surface area contributed by atoms with E-state index in [1.54, 1.807) is 17.4 Å². The molecule has 4 rings (SSSR count). The molecule has 178 valence electrons. The maximum absolute atomic E-state index is 13.4. The molecule has 3 aromatic rings. The minimum absolute atomic E-state index is 0.263. The van der Waals surface area contributed by atoms with Gasteiger partial charge in [-0.3, -0.25) is 4.79 Å². The Hall–Kier alpha value is -3.16. The van der Waals surface area contributed by atoms with Gasteiger partial charge in [0.25, 0.3) is 5.91 Å². The molecule has 0 bridgehead atoms. The molecule has 1 aromatic heterocycles. The molecule has 1 aliphatic rings. The van der Waals surface area contributed by atoms with Crippen LogP contribution in [-0.2, 0) is 9.47 Å². The van der Waals surface area contributed by atoms with Crippen LogP contribution < -0.4 is 10.2 Å². The Kier molecular flexibility index (Phi) is 7.05. The van der Waals surface area contributed by atoms with Gasteiger partial charge in [0.05, 0.1) is 24.5 Å². The second-order valence-electron chi connectivity index (χ2n) is 9.29. The fraction of sp³-hybridized carbons (Fsp3) is 0.333. The topological polar surface area (TPSA) is 67.9 Å². The predicted molar refractivity (Wildman–Crippen MR) is 137 cm³/mol. The average molecular weight is 479 g/mol. The highest BCUT2D eigenvalue weighted by atomic mass is 32.1. The van der Waals surface area contributed by atoms with Crippen molar-refractivity contribution in [2.75, 3.05) is 36.5 Å². The van der Waals surface area contributed by atoms with Gasteiger partial charge < -0.3 is 19.7 Å².